The third kappa shape index (κ3) is 4.26. The number of hydrogen-bond acceptors (Lipinski definition) is 5. The van der Waals surface area contributed by atoms with Gasteiger partial charge in [0.25, 0.3) is 5.91 Å². The van der Waals surface area contributed by atoms with Gasteiger partial charge >= 0.3 is 0 Å². The van der Waals surface area contributed by atoms with Crippen LogP contribution in [0.1, 0.15) is 37.2 Å². The molecular weight excluding hydrogens is 389 g/mol. The summed E-state index contributed by atoms with van der Waals surface area (Å²) in [4.78, 5) is 19.4. The van der Waals surface area contributed by atoms with Crippen molar-refractivity contribution in [2.24, 2.45) is 5.73 Å². The van der Waals surface area contributed by atoms with E-state index in [0.29, 0.717) is 29.2 Å². The summed E-state index contributed by atoms with van der Waals surface area (Å²) in [5.74, 6) is 0.503. The van der Waals surface area contributed by atoms with E-state index in [1.807, 2.05) is 31.5 Å². The first kappa shape index (κ1) is 23.0. The molecule has 27 heavy (non-hydrogen) atoms. The lowest BCUT2D eigenvalue weighted by atomic mass is 10.1. The van der Waals surface area contributed by atoms with Crippen LogP contribution >= 0.6 is 24.8 Å². The highest BCUT2D eigenvalue weighted by Gasteiger charge is 2.23. The van der Waals surface area contributed by atoms with E-state index in [9.17, 15) is 4.79 Å². The van der Waals surface area contributed by atoms with Gasteiger partial charge in [-0.25, -0.2) is 9.67 Å². The summed E-state index contributed by atoms with van der Waals surface area (Å²) in [5, 5.41) is 5.14. The van der Waals surface area contributed by atoms with Gasteiger partial charge in [-0.2, -0.15) is 5.10 Å². The molecule has 0 aromatic carbocycles. The van der Waals surface area contributed by atoms with Crippen LogP contribution in [0.15, 0.2) is 35.1 Å². The zero-order valence-electron chi connectivity index (χ0n) is 15.7. The molecule has 2 N–H and O–H groups in total. The second-order valence-corrected chi connectivity index (χ2v) is 6.45. The van der Waals surface area contributed by atoms with E-state index in [2.05, 4.69) is 10.1 Å². The fraction of sp³-hybridized carbons (Fsp3) is 0.389. The third-order valence-electron chi connectivity index (χ3n) is 4.38. The maximum absolute atomic E-state index is 13.0. The average molecular weight is 414 g/mol. The zero-order chi connectivity index (χ0) is 18.1. The molecule has 0 spiro atoms. The molecular formula is C18H25Cl2N5O2. The number of fused-ring (bicyclic) bond motifs is 1. The van der Waals surface area contributed by atoms with Gasteiger partial charge in [0, 0.05) is 25.7 Å². The van der Waals surface area contributed by atoms with Crippen molar-refractivity contribution in [1.29, 1.82) is 0 Å². The van der Waals surface area contributed by atoms with Crippen LogP contribution in [0.2, 0.25) is 0 Å². The summed E-state index contributed by atoms with van der Waals surface area (Å²) in [6.07, 6.45) is 3.29. The molecule has 0 radical (unpaired) electrons. The molecule has 1 unspecified atom stereocenters. The predicted octanol–water partition coefficient (Wildman–Crippen LogP) is 3.54. The van der Waals surface area contributed by atoms with Gasteiger partial charge in [0.2, 0.25) is 0 Å². The number of carbonyl (C=O) groups is 1. The third-order valence-corrected chi connectivity index (χ3v) is 4.38. The van der Waals surface area contributed by atoms with Gasteiger partial charge in [0.05, 0.1) is 23.4 Å². The minimum atomic E-state index is -0.110. The molecule has 0 aliphatic heterocycles. The Morgan fingerprint density at radius 1 is 1.33 bits per heavy atom. The molecule has 0 fully saturated rings. The molecule has 0 saturated carbocycles. The first-order chi connectivity index (χ1) is 11.9. The van der Waals surface area contributed by atoms with E-state index in [4.69, 9.17) is 10.2 Å². The number of carbonyl (C=O) groups excluding carboxylic acids is 1. The highest BCUT2D eigenvalue weighted by Crippen LogP contribution is 2.27. The number of hydrogen-bond donors (Lipinski definition) is 1. The van der Waals surface area contributed by atoms with Crippen molar-refractivity contribution < 1.29 is 9.21 Å². The number of aromatic nitrogens is 3. The van der Waals surface area contributed by atoms with Crippen molar-refractivity contribution >= 4 is 41.8 Å². The number of amides is 1. The highest BCUT2D eigenvalue weighted by molar-refractivity contribution is 6.06. The van der Waals surface area contributed by atoms with Crippen LogP contribution in [0.25, 0.3) is 22.5 Å². The van der Waals surface area contributed by atoms with Crippen LogP contribution in [-0.2, 0) is 0 Å². The van der Waals surface area contributed by atoms with Crippen molar-refractivity contribution in [3.63, 3.8) is 0 Å². The van der Waals surface area contributed by atoms with Gasteiger partial charge in [-0.15, -0.1) is 24.8 Å². The highest BCUT2D eigenvalue weighted by atomic mass is 35.5. The average Bonchev–Trinajstić information content (AvgIpc) is 3.27. The maximum Gasteiger partial charge on any atom is 0.254 e. The Labute approximate surface area is 170 Å². The number of nitrogens with two attached hydrogens (primary N) is 1. The summed E-state index contributed by atoms with van der Waals surface area (Å²) < 4.78 is 7.28. The van der Waals surface area contributed by atoms with Crippen LogP contribution in [0, 0.1) is 0 Å². The molecule has 7 nitrogen and oxygen atoms in total. The quantitative estimate of drug-likeness (QED) is 0.690. The summed E-state index contributed by atoms with van der Waals surface area (Å²) in [5.41, 5.74) is 7.54. The number of furan rings is 1. The van der Waals surface area contributed by atoms with Crippen molar-refractivity contribution in [3.05, 3.63) is 36.2 Å². The molecule has 1 atom stereocenters. The second kappa shape index (κ2) is 9.21. The number of rotatable bonds is 5. The minimum absolute atomic E-state index is 0. The van der Waals surface area contributed by atoms with Crippen LogP contribution in [0.5, 0.6) is 0 Å². The Morgan fingerprint density at radius 2 is 2.04 bits per heavy atom. The zero-order valence-corrected chi connectivity index (χ0v) is 17.4. The van der Waals surface area contributed by atoms with E-state index < -0.39 is 0 Å². The topological polar surface area (TPSA) is 90.2 Å². The Hall–Kier alpha value is -2.09. The standard InChI is InChI=1S/C18H23N5O2.2ClH/c1-11(2)23-17-14(10-20-23)13(18(24)22(4)12(3)9-19)8-15(21-17)16-6-5-7-25-16;;/h5-8,10-12H,9,19H2,1-4H3;2*1H. The van der Waals surface area contributed by atoms with E-state index in [1.54, 1.807) is 36.5 Å². The molecule has 148 valence electrons. The monoisotopic (exact) mass is 413 g/mol. The van der Waals surface area contributed by atoms with E-state index in [0.717, 1.165) is 5.39 Å². The number of likely N-dealkylation sites (N-methyl/N-ethyl adjacent to an activating group) is 1. The molecule has 0 aliphatic carbocycles. The SMILES string of the molecule is CC(CN)N(C)C(=O)c1cc(-c2ccco2)nc2c1cnn2C(C)C.Cl.Cl. The van der Waals surface area contributed by atoms with Crippen LogP contribution < -0.4 is 5.73 Å². The van der Waals surface area contributed by atoms with Gasteiger partial charge in [0.15, 0.2) is 11.4 Å². The molecule has 0 saturated heterocycles. The number of pyridine rings is 1. The van der Waals surface area contributed by atoms with Crippen LogP contribution in [-0.4, -0.2) is 45.2 Å². The smallest absolute Gasteiger partial charge is 0.254 e. The van der Waals surface area contributed by atoms with Crippen molar-refractivity contribution in [2.75, 3.05) is 13.6 Å². The summed E-state index contributed by atoms with van der Waals surface area (Å²) in [7, 11) is 1.76. The lowest BCUT2D eigenvalue weighted by molar-refractivity contribution is 0.0750. The molecule has 9 heteroatoms. The summed E-state index contributed by atoms with van der Waals surface area (Å²) >= 11 is 0. The van der Waals surface area contributed by atoms with Crippen molar-refractivity contribution in [3.8, 4) is 11.5 Å². The summed E-state index contributed by atoms with van der Waals surface area (Å²) in [6, 6.07) is 5.44. The predicted molar refractivity (Wildman–Crippen MR) is 111 cm³/mol. The molecule has 0 bridgehead atoms. The van der Waals surface area contributed by atoms with Gasteiger partial charge in [-0.1, -0.05) is 0 Å². The van der Waals surface area contributed by atoms with E-state index in [1.165, 1.54) is 0 Å². The van der Waals surface area contributed by atoms with Crippen LogP contribution in [0.4, 0.5) is 0 Å². The normalized spacial score (nSPS) is 11.8. The number of halogens is 2. The Kier molecular flexibility index (Phi) is 7.83. The molecule has 3 heterocycles. The molecule has 3 rings (SSSR count). The van der Waals surface area contributed by atoms with Gasteiger partial charge < -0.3 is 15.1 Å². The lowest BCUT2D eigenvalue weighted by Gasteiger charge is -2.24. The summed E-state index contributed by atoms with van der Waals surface area (Å²) in [6.45, 7) is 6.36. The van der Waals surface area contributed by atoms with Gasteiger partial charge in [0.1, 0.15) is 5.69 Å². The first-order valence-electron chi connectivity index (χ1n) is 8.33. The van der Waals surface area contributed by atoms with Crippen LogP contribution in [0.3, 0.4) is 0 Å². The fourth-order valence-electron chi connectivity index (χ4n) is 2.67. The van der Waals surface area contributed by atoms with Gasteiger partial charge in [-0.3, -0.25) is 4.79 Å². The molecule has 0 aliphatic rings. The molecule has 3 aromatic rings. The molecule has 3 aromatic heterocycles. The largest absolute Gasteiger partial charge is 0.463 e. The Bertz CT molecular complexity index is 893. The Morgan fingerprint density at radius 3 is 2.59 bits per heavy atom. The molecule has 1 amide bonds. The van der Waals surface area contributed by atoms with Crippen molar-refractivity contribution in [1.82, 2.24) is 19.7 Å². The van der Waals surface area contributed by atoms with Gasteiger partial charge in [-0.05, 0) is 39.0 Å². The van der Waals surface area contributed by atoms with E-state index >= 15 is 0 Å². The number of nitrogens with zero attached hydrogens (tertiary/aromatic N) is 4. The fourth-order valence-corrected chi connectivity index (χ4v) is 2.67. The lowest BCUT2D eigenvalue weighted by Crippen LogP contribution is -2.39. The minimum Gasteiger partial charge on any atom is -0.463 e. The first-order valence-corrected chi connectivity index (χ1v) is 8.33. The second-order valence-electron chi connectivity index (χ2n) is 6.45. The Balaban J connectivity index is 0.00000182. The maximum atomic E-state index is 13.0. The van der Waals surface area contributed by atoms with E-state index in [-0.39, 0.29) is 42.8 Å². The van der Waals surface area contributed by atoms with Crippen molar-refractivity contribution in [2.45, 2.75) is 32.9 Å².